The molecule has 1 fully saturated rings. The van der Waals surface area contributed by atoms with E-state index in [1.165, 1.54) is 18.4 Å². The molecule has 0 radical (unpaired) electrons. The van der Waals surface area contributed by atoms with Gasteiger partial charge in [-0.2, -0.15) is 0 Å². The molecule has 0 bridgehead atoms. The molecule has 0 saturated carbocycles. The SMILES string of the molecule is O=C(Nc1ccc(NC(=O)C2CC(=O)N(c3ccc(F)cc3F)C2)cc1)c1ccco1. The van der Waals surface area contributed by atoms with Gasteiger partial charge in [-0.1, -0.05) is 0 Å². The van der Waals surface area contributed by atoms with Crippen LogP contribution in [0.4, 0.5) is 25.8 Å². The van der Waals surface area contributed by atoms with Crippen LogP contribution in [0.25, 0.3) is 0 Å². The number of nitrogens with one attached hydrogen (secondary N) is 2. The molecular formula is C22H17F2N3O4. The molecule has 4 rings (SSSR count). The molecule has 0 spiro atoms. The van der Waals surface area contributed by atoms with Crippen LogP contribution in [0.1, 0.15) is 17.0 Å². The van der Waals surface area contributed by atoms with Gasteiger partial charge in [0.05, 0.1) is 17.9 Å². The van der Waals surface area contributed by atoms with Crippen LogP contribution in [0.2, 0.25) is 0 Å². The maximum absolute atomic E-state index is 14.0. The van der Waals surface area contributed by atoms with Crippen molar-refractivity contribution >= 4 is 34.8 Å². The van der Waals surface area contributed by atoms with Gasteiger partial charge in [0.25, 0.3) is 5.91 Å². The largest absolute Gasteiger partial charge is 0.459 e. The van der Waals surface area contributed by atoms with Crippen LogP contribution < -0.4 is 15.5 Å². The highest BCUT2D eigenvalue weighted by Crippen LogP contribution is 2.28. The van der Waals surface area contributed by atoms with E-state index in [1.807, 2.05) is 0 Å². The van der Waals surface area contributed by atoms with E-state index in [-0.39, 0.29) is 24.4 Å². The number of halogens is 2. The normalized spacial score (nSPS) is 15.7. The maximum atomic E-state index is 14.0. The van der Waals surface area contributed by atoms with Crippen molar-refractivity contribution in [3.63, 3.8) is 0 Å². The van der Waals surface area contributed by atoms with E-state index in [2.05, 4.69) is 10.6 Å². The van der Waals surface area contributed by atoms with Gasteiger partial charge in [-0.25, -0.2) is 8.78 Å². The van der Waals surface area contributed by atoms with Crippen LogP contribution in [-0.4, -0.2) is 24.3 Å². The first-order valence-corrected chi connectivity index (χ1v) is 9.42. The maximum Gasteiger partial charge on any atom is 0.291 e. The van der Waals surface area contributed by atoms with Crippen molar-refractivity contribution in [3.8, 4) is 0 Å². The number of amides is 3. The van der Waals surface area contributed by atoms with Crippen LogP contribution in [0.5, 0.6) is 0 Å². The number of benzene rings is 2. The quantitative estimate of drug-likeness (QED) is 0.651. The lowest BCUT2D eigenvalue weighted by Gasteiger charge is -2.17. The Labute approximate surface area is 175 Å². The minimum atomic E-state index is -0.860. The molecule has 158 valence electrons. The summed E-state index contributed by atoms with van der Waals surface area (Å²) in [4.78, 5) is 37.9. The van der Waals surface area contributed by atoms with E-state index in [0.29, 0.717) is 17.4 Å². The van der Waals surface area contributed by atoms with Gasteiger partial charge >= 0.3 is 0 Å². The monoisotopic (exact) mass is 425 g/mol. The van der Waals surface area contributed by atoms with Crippen molar-refractivity contribution in [2.75, 3.05) is 22.1 Å². The van der Waals surface area contributed by atoms with Crippen molar-refractivity contribution in [2.45, 2.75) is 6.42 Å². The van der Waals surface area contributed by atoms with Gasteiger partial charge in [0, 0.05) is 30.4 Å². The molecule has 1 saturated heterocycles. The summed E-state index contributed by atoms with van der Waals surface area (Å²) < 4.78 is 32.1. The first-order chi connectivity index (χ1) is 14.9. The second-order valence-corrected chi connectivity index (χ2v) is 7.00. The summed E-state index contributed by atoms with van der Waals surface area (Å²) in [5.41, 5.74) is 0.923. The van der Waals surface area contributed by atoms with Gasteiger partial charge in [-0.15, -0.1) is 0 Å². The molecule has 7 nitrogen and oxygen atoms in total. The fourth-order valence-electron chi connectivity index (χ4n) is 3.30. The van der Waals surface area contributed by atoms with E-state index >= 15 is 0 Å². The average molecular weight is 425 g/mol. The molecule has 1 aliphatic heterocycles. The molecule has 2 N–H and O–H groups in total. The standard InChI is InChI=1S/C22H17F2N3O4/c23-14-3-8-18(17(24)11-14)27-12-13(10-20(27)28)21(29)25-15-4-6-16(7-5-15)26-22(30)19-2-1-9-31-19/h1-9,11,13H,10,12H2,(H,25,29)(H,26,30). The molecule has 3 aromatic rings. The fourth-order valence-corrected chi connectivity index (χ4v) is 3.30. The molecule has 1 aliphatic rings. The zero-order chi connectivity index (χ0) is 22.0. The van der Waals surface area contributed by atoms with E-state index < -0.39 is 35.3 Å². The van der Waals surface area contributed by atoms with E-state index in [1.54, 1.807) is 30.3 Å². The first kappa shape index (κ1) is 20.3. The second kappa shape index (κ2) is 8.39. The zero-order valence-corrected chi connectivity index (χ0v) is 16.1. The summed E-state index contributed by atoms with van der Waals surface area (Å²) in [7, 11) is 0. The molecule has 1 atom stereocenters. The summed E-state index contributed by atoms with van der Waals surface area (Å²) >= 11 is 0. The van der Waals surface area contributed by atoms with E-state index in [4.69, 9.17) is 4.42 Å². The van der Waals surface area contributed by atoms with Gasteiger partial charge in [-0.3, -0.25) is 14.4 Å². The molecule has 2 heterocycles. The van der Waals surface area contributed by atoms with Gasteiger partial charge in [-0.05, 0) is 48.5 Å². The number of anilines is 3. The first-order valence-electron chi connectivity index (χ1n) is 9.42. The van der Waals surface area contributed by atoms with Crippen molar-refractivity contribution < 1.29 is 27.6 Å². The lowest BCUT2D eigenvalue weighted by Crippen LogP contribution is -2.28. The summed E-state index contributed by atoms with van der Waals surface area (Å²) in [5, 5.41) is 5.37. The predicted molar refractivity (Wildman–Crippen MR) is 109 cm³/mol. The third kappa shape index (κ3) is 4.45. The molecule has 31 heavy (non-hydrogen) atoms. The number of furan rings is 1. The van der Waals surface area contributed by atoms with Gasteiger partial charge in [0.15, 0.2) is 5.76 Å². The number of hydrogen-bond acceptors (Lipinski definition) is 4. The number of carbonyl (C=O) groups excluding carboxylic acids is 3. The summed E-state index contributed by atoms with van der Waals surface area (Å²) in [6, 6.07) is 12.5. The Bertz CT molecular complexity index is 1130. The summed E-state index contributed by atoms with van der Waals surface area (Å²) in [6.45, 7) is -0.00942. The lowest BCUT2D eigenvalue weighted by atomic mass is 10.1. The highest BCUT2D eigenvalue weighted by Gasteiger charge is 2.36. The zero-order valence-electron chi connectivity index (χ0n) is 16.1. The third-order valence-electron chi connectivity index (χ3n) is 4.85. The predicted octanol–water partition coefficient (Wildman–Crippen LogP) is 3.80. The van der Waals surface area contributed by atoms with Crippen molar-refractivity contribution in [3.05, 3.63) is 78.3 Å². The molecule has 1 unspecified atom stereocenters. The van der Waals surface area contributed by atoms with Crippen molar-refractivity contribution in [2.24, 2.45) is 5.92 Å². The smallest absolute Gasteiger partial charge is 0.291 e. The number of rotatable bonds is 5. The van der Waals surface area contributed by atoms with E-state index in [9.17, 15) is 23.2 Å². The second-order valence-electron chi connectivity index (χ2n) is 7.00. The van der Waals surface area contributed by atoms with Crippen LogP contribution in [0.15, 0.2) is 65.3 Å². The van der Waals surface area contributed by atoms with Crippen molar-refractivity contribution in [1.29, 1.82) is 0 Å². The Kier molecular flexibility index (Phi) is 5.48. The number of hydrogen-bond donors (Lipinski definition) is 2. The number of carbonyl (C=O) groups is 3. The molecule has 1 aromatic heterocycles. The Morgan fingerprint density at radius 3 is 2.35 bits per heavy atom. The van der Waals surface area contributed by atoms with Gasteiger partial charge in [0.2, 0.25) is 11.8 Å². The lowest BCUT2D eigenvalue weighted by molar-refractivity contribution is -0.122. The van der Waals surface area contributed by atoms with E-state index in [0.717, 1.165) is 11.0 Å². The minimum absolute atomic E-state index is 0.00942. The highest BCUT2D eigenvalue weighted by atomic mass is 19.1. The minimum Gasteiger partial charge on any atom is -0.459 e. The summed E-state index contributed by atoms with van der Waals surface area (Å²) in [6.07, 6.45) is 1.31. The average Bonchev–Trinajstić information content (AvgIpc) is 3.40. The van der Waals surface area contributed by atoms with Crippen LogP contribution in [-0.2, 0) is 9.59 Å². The van der Waals surface area contributed by atoms with Crippen molar-refractivity contribution in [1.82, 2.24) is 0 Å². The van der Waals surface area contributed by atoms with Crippen LogP contribution in [0, 0.1) is 17.6 Å². The summed E-state index contributed by atoms with van der Waals surface area (Å²) in [5.74, 6) is -3.33. The van der Waals surface area contributed by atoms with Gasteiger partial charge in [0.1, 0.15) is 11.6 Å². The Balaban J connectivity index is 1.37. The Hall–Kier alpha value is -4.01. The molecular weight excluding hydrogens is 408 g/mol. The molecule has 0 aliphatic carbocycles. The third-order valence-corrected chi connectivity index (χ3v) is 4.85. The fraction of sp³-hybridized carbons (Fsp3) is 0.136. The topological polar surface area (TPSA) is 91.7 Å². The Morgan fingerprint density at radius 2 is 1.71 bits per heavy atom. The van der Waals surface area contributed by atoms with Gasteiger partial charge < -0.3 is 20.0 Å². The molecule has 3 amide bonds. The molecule has 2 aromatic carbocycles. The number of nitrogens with zero attached hydrogens (tertiary/aromatic N) is 1. The highest BCUT2D eigenvalue weighted by molar-refractivity contribution is 6.04. The van der Waals surface area contributed by atoms with Crippen LogP contribution in [0.3, 0.4) is 0 Å². The van der Waals surface area contributed by atoms with Crippen LogP contribution >= 0.6 is 0 Å². The Morgan fingerprint density at radius 1 is 1.00 bits per heavy atom. The molecule has 9 heteroatoms.